The topological polar surface area (TPSA) is 129 Å². The van der Waals surface area contributed by atoms with E-state index in [0.29, 0.717) is 78.3 Å². The second-order valence-electron chi connectivity index (χ2n) is 7.39. The first kappa shape index (κ1) is 29.5. The highest BCUT2D eigenvalue weighted by Crippen LogP contribution is 2.01. The molecule has 0 heterocycles. The zero-order chi connectivity index (χ0) is 23.0. The third kappa shape index (κ3) is 22.9. The van der Waals surface area contributed by atoms with Gasteiger partial charge in [-0.1, -0.05) is 26.2 Å². The van der Waals surface area contributed by atoms with Gasteiger partial charge in [-0.2, -0.15) is 0 Å². The lowest BCUT2D eigenvalue weighted by Crippen LogP contribution is -2.28. The highest BCUT2D eigenvalue weighted by molar-refractivity contribution is 5.76. The van der Waals surface area contributed by atoms with Crippen LogP contribution in [0.3, 0.4) is 0 Å². The molecule has 0 aromatic carbocycles. The van der Waals surface area contributed by atoms with Gasteiger partial charge in [0.25, 0.3) is 0 Å². The molecule has 2 amide bonds. The van der Waals surface area contributed by atoms with Crippen molar-refractivity contribution in [2.75, 3.05) is 52.7 Å². The summed E-state index contributed by atoms with van der Waals surface area (Å²) in [6.07, 6.45) is 7.84. The Hall–Kier alpha value is -1.55. The summed E-state index contributed by atoms with van der Waals surface area (Å²) in [5.74, 6) is 0.0200. The largest absolute Gasteiger partial charge is 0.379 e. The van der Waals surface area contributed by atoms with E-state index in [1.807, 2.05) is 0 Å². The van der Waals surface area contributed by atoms with Gasteiger partial charge in [-0.25, -0.2) is 0 Å². The molecule has 182 valence electrons. The molecule has 0 radical (unpaired) electrons. The normalized spacial score (nSPS) is 11.8. The molecule has 0 aromatic heterocycles. The Balaban J connectivity index is 3.21. The lowest BCUT2D eigenvalue weighted by molar-refractivity contribution is -0.122. The summed E-state index contributed by atoms with van der Waals surface area (Å²) in [7, 11) is 0. The molecule has 0 saturated carbocycles. The van der Waals surface area contributed by atoms with Crippen LogP contribution in [-0.2, 0) is 28.6 Å². The molecule has 0 aliphatic rings. The number of carbonyl (C=O) groups is 3. The maximum Gasteiger partial charge on any atom is 0.220 e. The van der Waals surface area contributed by atoms with Crippen LogP contribution in [0.1, 0.15) is 64.7 Å². The van der Waals surface area contributed by atoms with Crippen molar-refractivity contribution in [1.29, 1.82) is 0 Å². The van der Waals surface area contributed by atoms with Gasteiger partial charge in [-0.05, 0) is 25.7 Å². The highest BCUT2D eigenvalue weighted by atomic mass is 16.5. The maximum atomic E-state index is 11.6. The van der Waals surface area contributed by atoms with Crippen molar-refractivity contribution in [3.05, 3.63) is 0 Å². The van der Waals surface area contributed by atoms with Gasteiger partial charge >= 0.3 is 0 Å². The van der Waals surface area contributed by atoms with Crippen LogP contribution in [0.5, 0.6) is 0 Å². The van der Waals surface area contributed by atoms with Crippen LogP contribution < -0.4 is 16.4 Å². The summed E-state index contributed by atoms with van der Waals surface area (Å²) < 4.78 is 16.3. The number of hydrogen-bond donors (Lipinski definition) is 3. The maximum absolute atomic E-state index is 11.6. The second-order valence-corrected chi connectivity index (χ2v) is 7.39. The molecule has 0 fully saturated rings. The summed E-state index contributed by atoms with van der Waals surface area (Å²) in [6.45, 7) is 6.49. The molecule has 9 nitrogen and oxygen atoms in total. The number of nitrogens with one attached hydrogen (secondary N) is 2. The molecule has 0 aromatic rings. The molecule has 0 spiro atoms. The standard InChI is InChI=1S/C22H43N3O6/c1-2-3-4-5-8-21(27)24-11-6-13-29-15-17-31-18-16-30-14-7-12-25-22(28)10-9-20(23)19-26/h19-20H,2-18,23H2,1H3,(H,24,27)(H,25,28). The van der Waals surface area contributed by atoms with Crippen LogP contribution in [0.4, 0.5) is 0 Å². The fourth-order valence-corrected chi connectivity index (χ4v) is 2.60. The molecule has 1 atom stereocenters. The van der Waals surface area contributed by atoms with E-state index in [-0.39, 0.29) is 18.2 Å². The number of hydrogen-bond acceptors (Lipinski definition) is 7. The van der Waals surface area contributed by atoms with Gasteiger partial charge < -0.3 is 35.4 Å². The van der Waals surface area contributed by atoms with E-state index in [1.165, 1.54) is 12.8 Å². The molecule has 31 heavy (non-hydrogen) atoms. The first-order valence-electron chi connectivity index (χ1n) is 11.6. The Kier molecular flexibility index (Phi) is 22.0. The fraction of sp³-hybridized carbons (Fsp3) is 0.864. The first-order valence-corrected chi connectivity index (χ1v) is 11.6. The lowest BCUT2D eigenvalue weighted by Gasteiger charge is -2.08. The molecule has 4 N–H and O–H groups in total. The van der Waals surface area contributed by atoms with Crippen LogP contribution in [0.15, 0.2) is 0 Å². The molecule has 0 rings (SSSR count). The zero-order valence-corrected chi connectivity index (χ0v) is 19.2. The third-order valence-electron chi connectivity index (χ3n) is 4.46. The predicted molar refractivity (Wildman–Crippen MR) is 120 cm³/mol. The number of nitrogens with two attached hydrogens (primary N) is 1. The van der Waals surface area contributed by atoms with Crippen LogP contribution in [0.2, 0.25) is 0 Å². The van der Waals surface area contributed by atoms with Crippen molar-refractivity contribution in [1.82, 2.24) is 10.6 Å². The van der Waals surface area contributed by atoms with Gasteiger partial charge in [-0.3, -0.25) is 9.59 Å². The van der Waals surface area contributed by atoms with Crippen molar-refractivity contribution in [3.63, 3.8) is 0 Å². The van der Waals surface area contributed by atoms with E-state index < -0.39 is 6.04 Å². The second kappa shape index (κ2) is 23.1. The van der Waals surface area contributed by atoms with Gasteiger partial charge in [-0.15, -0.1) is 0 Å². The highest BCUT2D eigenvalue weighted by Gasteiger charge is 2.05. The summed E-state index contributed by atoms with van der Waals surface area (Å²) in [4.78, 5) is 33.5. The monoisotopic (exact) mass is 445 g/mol. The van der Waals surface area contributed by atoms with E-state index in [9.17, 15) is 14.4 Å². The molecule has 0 aliphatic carbocycles. The van der Waals surface area contributed by atoms with Crippen LogP contribution in [-0.4, -0.2) is 76.9 Å². The van der Waals surface area contributed by atoms with Crippen LogP contribution in [0.25, 0.3) is 0 Å². The molecule has 9 heteroatoms. The summed E-state index contributed by atoms with van der Waals surface area (Å²) in [5.41, 5.74) is 5.43. The fourth-order valence-electron chi connectivity index (χ4n) is 2.60. The Morgan fingerprint density at radius 3 is 1.81 bits per heavy atom. The van der Waals surface area contributed by atoms with Gasteiger partial charge in [0.15, 0.2) is 0 Å². The molecule has 0 aliphatic heterocycles. The minimum absolute atomic E-state index is 0.106. The molecule has 1 unspecified atom stereocenters. The minimum Gasteiger partial charge on any atom is -0.379 e. The van der Waals surface area contributed by atoms with Crippen LogP contribution >= 0.6 is 0 Å². The van der Waals surface area contributed by atoms with Crippen molar-refractivity contribution in [3.8, 4) is 0 Å². The summed E-state index contributed by atoms with van der Waals surface area (Å²) >= 11 is 0. The molecular formula is C22H43N3O6. The molecule has 0 saturated heterocycles. The van der Waals surface area contributed by atoms with Crippen LogP contribution in [0, 0.1) is 0 Å². The molecular weight excluding hydrogens is 402 g/mol. The van der Waals surface area contributed by atoms with E-state index in [0.717, 1.165) is 19.3 Å². The summed E-state index contributed by atoms with van der Waals surface area (Å²) in [5, 5.41) is 5.67. The molecule has 0 bridgehead atoms. The average Bonchev–Trinajstić information content (AvgIpc) is 2.77. The minimum atomic E-state index is -0.572. The Labute approximate surface area is 187 Å². The third-order valence-corrected chi connectivity index (χ3v) is 4.46. The Morgan fingerprint density at radius 1 is 0.774 bits per heavy atom. The lowest BCUT2D eigenvalue weighted by atomic mass is 10.1. The number of carbonyl (C=O) groups excluding carboxylic acids is 3. The Morgan fingerprint density at radius 2 is 1.29 bits per heavy atom. The van der Waals surface area contributed by atoms with Crippen molar-refractivity contribution in [2.45, 2.75) is 70.8 Å². The smallest absolute Gasteiger partial charge is 0.220 e. The van der Waals surface area contributed by atoms with Crippen molar-refractivity contribution >= 4 is 18.1 Å². The van der Waals surface area contributed by atoms with E-state index >= 15 is 0 Å². The predicted octanol–water partition coefficient (Wildman–Crippen LogP) is 1.33. The van der Waals surface area contributed by atoms with E-state index in [2.05, 4.69) is 17.6 Å². The van der Waals surface area contributed by atoms with Gasteiger partial charge in [0, 0.05) is 39.1 Å². The van der Waals surface area contributed by atoms with Gasteiger partial charge in [0.05, 0.1) is 32.5 Å². The number of aldehydes is 1. The Bertz CT molecular complexity index is 451. The van der Waals surface area contributed by atoms with Crippen molar-refractivity contribution < 1.29 is 28.6 Å². The van der Waals surface area contributed by atoms with Gasteiger partial charge in [0.2, 0.25) is 11.8 Å². The number of rotatable bonds is 23. The average molecular weight is 446 g/mol. The SMILES string of the molecule is CCCCCCC(=O)NCCCOCCOCCOCCCNC(=O)CCC(N)C=O. The number of amides is 2. The zero-order valence-electron chi connectivity index (χ0n) is 19.2. The van der Waals surface area contributed by atoms with Crippen molar-refractivity contribution in [2.24, 2.45) is 5.73 Å². The van der Waals surface area contributed by atoms with E-state index in [1.54, 1.807) is 0 Å². The van der Waals surface area contributed by atoms with Gasteiger partial charge in [0.1, 0.15) is 6.29 Å². The number of ether oxygens (including phenoxy) is 3. The first-order chi connectivity index (χ1) is 15.1. The summed E-state index contributed by atoms with van der Waals surface area (Å²) in [6, 6.07) is -0.572. The van der Waals surface area contributed by atoms with E-state index in [4.69, 9.17) is 19.9 Å². The number of unbranched alkanes of at least 4 members (excludes halogenated alkanes) is 3. The quantitative estimate of drug-likeness (QED) is 0.160.